The van der Waals surface area contributed by atoms with Crippen LogP contribution in [0.5, 0.6) is 0 Å². The van der Waals surface area contributed by atoms with Crippen LogP contribution in [0.25, 0.3) is 0 Å². The molecule has 1 aliphatic carbocycles. The van der Waals surface area contributed by atoms with Crippen LogP contribution in [0.1, 0.15) is 32.4 Å². The van der Waals surface area contributed by atoms with Crippen LogP contribution in [0.4, 0.5) is 5.82 Å². The van der Waals surface area contributed by atoms with Gasteiger partial charge in [0.25, 0.3) is 0 Å². The number of hydrogen-bond acceptors (Lipinski definition) is 4. The van der Waals surface area contributed by atoms with Crippen LogP contribution >= 0.6 is 0 Å². The number of aromatic nitrogens is 2. The molecule has 1 aliphatic rings. The summed E-state index contributed by atoms with van der Waals surface area (Å²) in [5.74, 6) is 0.964. The summed E-state index contributed by atoms with van der Waals surface area (Å²) in [6, 6.07) is 1.10. The number of anilines is 1. The topological polar surface area (TPSA) is 41.1 Å². The molecule has 1 aromatic rings. The van der Waals surface area contributed by atoms with E-state index >= 15 is 0 Å². The largest absolute Gasteiger partial charge is 0.349 e. The Labute approximate surface area is 109 Å². The van der Waals surface area contributed by atoms with Crippen molar-refractivity contribution >= 4 is 5.82 Å². The summed E-state index contributed by atoms with van der Waals surface area (Å²) in [5, 5.41) is 3.34. The van der Waals surface area contributed by atoms with Crippen LogP contribution in [0.2, 0.25) is 0 Å². The quantitative estimate of drug-likeness (QED) is 0.748. The Bertz CT molecular complexity index is 381. The molecule has 98 valence electrons. The standard InChI is InChI=1S/C14H22N4/c1-4-7-18(13-5-6-13)14-10-16-12(9-17-14)8-15-11(2)3/h4,9-11,13,15H,1,5-8H2,2-3H3. The van der Waals surface area contributed by atoms with Crippen LogP contribution in [0.15, 0.2) is 25.0 Å². The molecule has 1 N–H and O–H groups in total. The molecule has 0 amide bonds. The summed E-state index contributed by atoms with van der Waals surface area (Å²) in [6.45, 7) is 9.68. The number of nitrogens with one attached hydrogen (secondary N) is 1. The van der Waals surface area contributed by atoms with Gasteiger partial charge < -0.3 is 10.2 Å². The molecular weight excluding hydrogens is 224 g/mol. The highest BCUT2D eigenvalue weighted by molar-refractivity contribution is 5.40. The summed E-state index contributed by atoms with van der Waals surface area (Å²) in [7, 11) is 0. The Morgan fingerprint density at radius 3 is 2.72 bits per heavy atom. The van der Waals surface area contributed by atoms with E-state index < -0.39 is 0 Å². The van der Waals surface area contributed by atoms with Crippen molar-refractivity contribution in [3.63, 3.8) is 0 Å². The third-order valence-corrected chi connectivity index (χ3v) is 2.99. The minimum atomic E-state index is 0.468. The van der Waals surface area contributed by atoms with Crippen molar-refractivity contribution in [1.29, 1.82) is 0 Å². The van der Waals surface area contributed by atoms with Crippen molar-refractivity contribution in [3.05, 3.63) is 30.7 Å². The molecule has 0 spiro atoms. The Morgan fingerprint density at radius 1 is 1.44 bits per heavy atom. The summed E-state index contributed by atoms with van der Waals surface area (Å²) in [4.78, 5) is 11.3. The molecule has 0 atom stereocenters. The second kappa shape index (κ2) is 5.96. The van der Waals surface area contributed by atoms with Gasteiger partial charge in [-0.25, -0.2) is 4.98 Å². The third-order valence-electron chi connectivity index (χ3n) is 2.99. The first kappa shape index (κ1) is 13.0. The molecule has 4 heteroatoms. The highest BCUT2D eigenvalue weighted by Gasteiger charge is 2.29. The summed E-state index contributed by atoms with van der Waals surface area (Å²) < 4.78 is 0. The summed E-state index contributed by atoms with van der Waals surface area (Å²) >= 11 is 0. The molecule has 2 rings (SSSR count). The highest BCUT2D eigenvalue weighted by Crippen LogP contribution is 2.29. The van der Waals surface area contributed by atoms with Crippen molar-refractivity contribution < 1.29 is 0 Å². The van der Waals surface area contributed by atoms with Gasteiger partial charge >= 0.3 is 0 Å². The molecule has 0 aliphatic heterocycles. The van der Waals surface area contributed by atoms with Gasteiger partial charge in [0.2, 0.25) is 0 Å². The molecule has 0 bridgehead atoms. The Morgan fingerprint density at radius 2 is 2.22 bits per heavy atom. The van der Waals surface area contributed by atoms with E-state index in [9.17, 15) is 0 Å². The summed E-state index contributed by atoms with van der Waals surface area (Å²) in [6.07, 6.45) is 8.18. The van der Waals surface area contributed by atoms with Crippen LogP contribution in [-0.2, 0) is 6.54 Å². The van der Waals surface area contributed by atoms with Gasteiger partial charge in [0.1, 0.15) is 5.82 Å². The molecule has 18 heavy (non-hydrogen) atoms. The van der Waals surface area contributed by atoms with E-state index in [0.717, 1.165) is 24.6 Å². The molecular formula is C14H22N4. The SMILES string of the molecule is C=CCN(c1cnc(CNC(C)C)cn1)C1CC1. The Balaban J connectivity index is 1.98. The molecule has 4 nitrogen and oxygen atoms in total. The fraction of sp³-hybridized carbons (Fsp3) is 0.571. The van der Waals surface area contributed by atoms with Gasteiger partial charge in [-0.15, -0.1) is 6.58 Å². The molecule has 0 unspecified atom stereocenters. The maximum Gasteiger partial charge on any atom is 0.147 e. The van der Waals surface area contributed by atoms with Crippen molar-refractivity contribution in [3.8, 4) is 0 Å². The van der Waals surface area contributed by atoms with Crippen molar-refractivity contribution in [2.75, 3.05) is 11.4 Å². The van der Waals surface area contributed by atoms with Gasteiger partial charge in [0, 0.05) is 25.2 Å². The van der Waals surface area contributed by atoms with E-state index in [0.29, 0.717) is 12.1 Å². The lowest BCUT2D eigenvalue weighted by atomic mass is 10.3. The van der Waals surface area contributed by atoms with E-state index in [1.54, 1.807) is 0 Å². The second-order valence-corrected chi connectivity index (χ2v) is 5.07. The van der Waals surface area contributed by atoms with Crippen LogP contribution in [-0.4, -0.2) is 28.6 Å². The predicted molar refractivity (Wildman–Crippen MR) is 74.6 cm³/mol. The van der Waals surface area contributed by atoms with Gasteiger partial charge in [-0.2, -0.15) is 0 Å². The number of hydrogen-bond donors (Lipinski definition) is 1. The maximum atomic E-state index is 4.51. The monoisotopic (exact) mass is 246 g/mol. The maximum absolute atomic E-state index is 4.51. The fourth-order valence-electron chi connectivity index (χ4n) is 1.85. The molecule has 0 radical (unpaired) electrons. The van der Waals surface area contributed by atoms with E-state index in [2.05, 4.69) is 40.6 Å². The highest BCUT2D eigenvalue weighted by atomic mass is 15.2. The van der Waals surface area contributed by atoms with Crippen LogP contribution < -0.4 is 10.2 Å². The van der Waals surface area contributed by atoms with Gasteiger partial charge in [-0.3, -0.25) is 4.98 Å². The molecule has 0 saturated heterocycles. The zero-order valence-electron chi connectivity index (χ0n) is 11.3. The van der Waals surface area contributed by atoms with E-state index in [1.807, 2.05) is 18.5 Å². The van der Waals surface area contributed by atoms with E-state index in [4.69, 9.17) is 0 Å². The average Bonchev–Trinajstić information content (AvgIpc) is 3.18. The zero-order chi connectivity index (χ0) is 13.0. The number of rotatable bonds is 7. The van der Waals surface area contributed by atoms with Gasteiger partial charge in [0.05, 0.1) is 18.1 Å². The molecule has 1 fully saturated rings. The lowest BCUT2D eigenvalue weighted by molar-refractivity contribution is 0.580. The molecule has 1 heterocycles. The minimum Gasteiger partial charge on any atom is -0.349 e. The van der Waals surface area contributed by atoms with Crippen LogP contribution in [0, 0.1) is 0 Å². The smallest absolute Gasteiger partial charge is 0.147 e. The minimum absolute atomic E-state index is 0.468. The molecule has 1 aromatic heterocycles. The van der Waals surface area contributed by atoms with Gasteiger partial charge in [-0.1, -0.05) is 19.9 Å². The van der Waals surface area contributed by atoms with Gasteiger partial charge in [0.15, 0.2) is 0 Å². The number of nitrogens with zero attached hydrogens (tertiary/aromatic N) is 3. The van der Waals surface area contributed by atoms with Crippen molar-refractivity contribution in [2.45, 2.75) is 45.3 Å². The lowest BCUT2D eigenvalue weighted by Crippen LogP contribution is -2.27. The molecule has 0 aromatic carbocycles. The second-order valence-electron chi connectivity index (χ2n) is 5.07. The first-order valence-corrected chi connectivity index (χ1v) is 6.62. The predicted octanol–water partition coefficient (Wildman–Crippen LogP) is 2.13. The molecule has 1 saturated carbocycles. The Hall–Kier alpha value is -1.42. The first-order valence-electron chi connectivity index (χ1n) is 6.62. The third kappa shape index (κ3) is 3.53. The fourth-order valence-corrected chi connectivity index (χ4v) is 1.85. The zero-order valence-corrected chi connectivity index (χ0v) is 11.3. The normalized spacial score (nSPS) is 14.8. The van der Waals surface area contributed by atoms with Crippen LogP contribution in [0.3, 0.4) is 0 Å². The lowest BCUT2D eigenvalue weighted by Gasteiger charge is -2.21. The van der Waals surface area contributed by atoms with E-state index in [-0.39, 0.29) is 0 Å². The first-order chi connectivity index (χ1) is 8.70. The van der Waals surface area contributed by atoms with E-state index in [1.165, 1.54) is 12.8 Å². The summed E-state index contributed by atoms with van der Waals surface area (Å²) in [5.41, 5.74) is 0.988. The van der Waals surface area contributed by atoms with Crippen molar-refractivity contribution in [1.82, 2.24) is 15.3 Å². The average molecular weight is 246 g/mol. The van der Waals surface area contributed by atoms with Gasteiger partial charge in [-0.05, 0) is 12.8 Å². The Kier molecular flexibility index (Phi) is 4.31. The van der Waals surface area contributed by atoms with Crippen molar-refractivity contribution in [2.24, 2.45) is 0 Å².